The molecule has 0 saturated heterocycles. The molecule has 7 nitrogen and oxygen atoms in total. The fraction of sp³-hybridized carbons (Fsp3) is 0.222. The highest BCUT2D eigenvalue weighted by atomic mass is 16.6. The number of methoxy groups -OCH3 is 3. The van der Waals surface area contributed by atoms with E-state index < -0.39 is 11.0 Å². The number of para-hydroxylation sites is 1. The molecule has 1 aliphatic rings. The highest BCUT2D eigenvalue weighted by molar-refractivity contribution is 5.63. The summed E-state index contributed by atoms with van der Waals surface area (Å²) in [5, 5.41) is 11.6. The Morgan fingerprint density at radius 1 is 1.04 bits per heavy atom. The summed E-state index contributed by atoms with van der Waals surface area (Å²) in [6, 6.07) is 10.5. The van der Waals surface area contributed by atoms with Crippen molar-refractivity contribution in [3.8, 4) is 23.0 Å². The van der Waals surface area contributed by atoms with Crippen molar-refractivity contribution in [2.45, 2.75) is 6.10 Å². The molecule has 0 fully saturated rings. The lowest BCUT2D eigenvalue weighted by Crippen LogP contribution is -2.20. The Morgan fingerprint density at radius 3 is 2.24 bits per heavy atom. The van der Waals surface area contributed by atoms with Crippen LogP contribution in [0.25, 0.3) is 6.08 Å². The molecule has 0 amide bonds. The van der Waals surface area contributed by atoms with E-state index in [2.05, 4.69) is 0 Å². The average Bonchev–Trinajstić information content (AvgIpc) is 2.65. The van der Waals surface area contributed by atoms with Crippen molar-refractivity contribution < 1.29 is 23.9 Å². The van der Waals surface area contributed by atoms with E-state index in [9.17, 15) is 10.1 Å². The Balaban J connectivity index is 2.14. The standard InChI is InChI=1S/C18H17NO6/c1-22-15-9-12(10-16(23-2)18(15)24-3)17-13(19(20)21)8-11-6-4-5-7-14(11)25-17/h4-10,17H,1-3H3/t17-/m1/s1. The first-order valence-corrected chi connectivity index (χ1v) is 7.50. The molecule has 0 bridgehead atoms. The van der Waals surface area contributed by atoms with E-state index >= 15 is 0 Å². The first-order valence-electron chi connectivity index (χ1n) is 7.50. The van der Waals surface area contributed by atoms with Gasteiger partial charge in [0.1, 0.15) is 5.75 Å². The number of nitrogens with zero attached hydrogens (tertiary/aromatic N) is 1. The van der Waals surface area contributed by atoms with Gasteiger partial charge in [-0.3, -0.25) is 10.1 Å². The number of ether oxygens (including phenoxy) is 4. The van der Waals surface area contributed by atoms with Gasteiger partial charge in [0, 0.05) is 17.2 Å². The van der Waals surface area contributed by atoms with Crippen molar-refractivity contribution in [1.82, 2.24) is 0 Å². The number of fused-ring (bicyclic) bond motifs is 1. The number of rotatable bonds is 5. The third-order valence-electron chi connectivity index (χ3n) is 3.94. The fourth-order valence-electron chi connectivity index (χ4n) is 2.77. The fourth-order valence-corrected chi connectivity index (χ4v) is 2.77. The van der Waals surface area contributed by atoms with Crippen molar-refractivity contribution in [1.29, 1.82) is 0 Å². The Kier molecular flexibility index (Phi) is 4.47. The molecule has 2 aromatic rings. The van der Waals surface area contributed by atoms with E-state index in [1.807, 2.05) is 6.07 Å². The first kappa shape index (κ1) is 16.6. The topological polar surface area (TPSA) is 80.1 Å². The summed E-state index contributed by atoms with van der Waals surface area (Å²) in [5.74, 6) is 1.80. The van der Waals surface area contributed by atoms with Crippen LogP contribution in [0.5, 0.6) is 23.0 Å². The monoisotopic (exact) mass is 343 g/mol. The second-order valence-electron chi connectivity index (χ2n) is 5.32. The van der Waals surface area contributed by atoms with Gasteiger partial charge in [0.2, 0.25) is 11.9 Å². The van der Waals surface area contributed by atoms with Gasteiger partial charge in [-0.25, -0.2) is 0 Å². The van der Waals surface area contributed by atoms with Gasteiger partial charge < -0.3 is 18.9 Å². The maximum absolute atomic E-state index is 11.6. The van der Waals surface area contributed by atoms with E-state index in [0.717, 1.165) is 0 Å². The summed E-state index contributed by atoms with van der Waals surface area (Å²) in [7, 11) is 4.47. The van der Waals surface area contributed by atoms with Crippen LogP contribution in [0.3, 0.4) is 0 Å². The molecule has 1 atom stereocenters. The molecule has 0 aromatic heterocycles. The Morgan fingerprint density at radius 2 is 1.68 bits per heavy atom. The molecule has 1 heterocycles. The highest BCUT2D eigenvalue weighted by Crippen LogP contribution is 2.44. The molecular formula is C18H17NO6. The van der Waals surface area contributed by atoms with Gasteiger partial charge in [0.05, 0.1) is 26.3 Å². The molecule has 0 aliphatic carbocycles. The molecule has 0 spiro atoms. The predicted molar refractivity (Wildman–Crippen MR) is 90.9 cm³/mol. The molecule has 0 unspecified atom stereocenters. The lowest BCUT2D eigenvalue weighted by atomic mass is 10.00. The molecule has 0 radical (unpaired) electrons. The zero-order valence-electron chi connectivity index (χ0n) is 14.0. The molecule has 1 aliphatic heterocycles. The van der Waals surface area contributed by atoms with Crippen LogP contribution in [0, 0.1) is 10.1 Å². The maximum Gasteiger partial charge on any atom is 0.291 e. The minimum atomic E-state index is -0.890. The van der Waals surface area contributed by atoms with Crippen molar-refractivity contribution >= 4 is 6.08 Å². The van der Waals surface area contributed by atoms with Crippen LogP contribution in [0.15, 0.2) is 42.1 Å². The van der Waals surface area contributed by atoms with E-state index in [1.165, 1.54) is 27.4 Å². The van der Waals surface area contributed by atoms with Crippen molar-refractivity contribution in [2.75, 3.05) is 21.3 Å². The van der Waals surface area contributed by atoms with Crippen LogP contribution in [-0.4, -0.2) is 26.3 Å². The third kappa shape index (κ3) is 2.96. The summed E-state index contributed by atoms with van der Waals surface area (Å²) in [4.78, 5) is 11.1. The van der Waals surface area contributed by atoms with Crippen LogP contribution < -0.4 is 18.9 Å². The second kappa shape index (κ2) is 6.72. The zero-order chi connectivity index (χ0) is 18.0. The zero-order valence-corrected chi connectivity index (χ0v) is 14.0. The molecule has 3 rings (SSSR count). The molecule has 0 saturated carbocycles. The minimum Gasteiger partial charge on any atom is -0.493 e. The average molecular weight is 343 g/mol. The van der Waals surface area contributed by atoms with Crippen LogP contribution in [0.1, 0.15) is 17.2 Å². The van der Waals surface area contributed by atoms with E-state index in [4.69, 9.17) is 18.9 Å². The van der Waals surface area contributed by atoms with Crippen LogP contribution >= 0.6 is 0 Å². The molecule has 130 valence electrons. The smallest absolute Gasteiger partial charge is 0.291 e. The van der Waals surface area contributed by atoms with Crippen LogP contribution in [-0.2, 0) is 0 Å². The Hall–Kier alpha value is -3.22. The van der Waals surface area contributed by atoms with Gasteiger partial charge in [-0.15, -0.1) is 0 Å². The van der Waals surface area contributed by atoms with Crippen LogP contribution in [0.2, 0.25) is 0 Å². The van der Waals surface area contributed by atoms with E-state index in [-0.39, 0.29) is 5.70 Å². The summed E-state index contributed by atoms with van der Waals surface area (Å²) in [5.41, 5.74) is 1.14. The Labute approximate surface area is 144 Å². The van der Waals surface area contributed by atoms with Crippen molar-refractivity contribution in [3.05, 3.63) is 63.3 Å². The maximum atomic E-state index is 11.6. The number of nitro groups is 1. The molecule has 2 aromatic carbocycles. The highest BCUT2D eigenvalue weighted by Gasteiger charge is 2.34. The van der Waals surface area contributed by atoms with Gasteiger partial charge >= 0.3 is 0 Å². The molecule has 7 heteroatoms. The number of hydrogen-bond acceptors (Lipinski definition) is 6. The quantitative estimate of drug-likeness (QED) is 0.611. The largest absolute Gasteiger partial charge is 0.493 e. The SMILES string of the molecule is COc1cc([C@H]2Oc3ccccc3C=C2[N+](=O)[O-])cc(OC)c1OC. The predicted octanol–water partition coefficient (Wildman–Crippen LogP) is 3.46. The summed E-state index contributed by atoms with van der Waals surface area (Å²) in [6.07, 6.45) is 0.630. The van der Waals surface area contributed by atoms with Crippen molar-refractivity contribution in [3.63, 3.8) is 0 Å². The van der Waals surface area contributed by atoms with Gasteiger partial charge in [-0.2, -0.15) is 0 Å². The molecular weight excluding hydrogens is 326 g/mol. The lowest BCUT2D eigenvalue weighted by Gasteiger charge is -2.24. The first-order chi connectivity index (χ1) is 12.1. The second-order valence-corrected chi connectivity index (χ2v) is 5.32. The molecule has 25 heavy (non-hydrogen) atoms. The normalized spacial score (nSPS) is 15.5. The minimum absolute atomic E-state index is 0.0621. The van der Waals surface area contributed by atoms with Crippen LogP contribution in [0.4, 0.5) is 0 Å². The number of hydrogen-bond donors (Lipinski definition) is 0. The van der Waals surface area contributed by atoms with Gasteiger partial charge in [-0.05, 0) is 18.2 Å². The lowest BCUT2D eigenvalue weighted by molar-refractivity contribution is -0.434. The molecule has 0 N–H and O–H groups in total. The van der Waals surface area contributed by atoms with Crippen molar-refractivity contribution in [2.24, 2.45) is 0 Å². The Bertz CT molecular complexity index is 820. The summed E-state index contributed by atoms with van der Waals surface area (Å²) < 4.78 is 21.8. The third-order valence-corrected chi connectivity index (χ3v) is 3.94. The van der Waals surface area contributed by atoms with Gasteiger partial charge in [0.25, 0.3) is 5.70 Å². The van der Waals surface area contributed by atoms with E-state index in [1.54, 1.807) is 30.3 Å². The summed E-state index contributed by atoms with van der Waals surface area (Å²) >= 11 is 0. The summed E-state index contributed by atoms with van der Waals surface area (Å²) in [6.45, 7) is 0. The van der Waals surface area contributed by atoms with E-state index in [0.29, 0.717) is 34.1 Å². The van der Waals surface area contributed by atoms with Gasteiger partial charge in [-0.1, -0.05) is 18.2 Å². The number of benzene rings is 2. The van der Waals surface area contributed by atoms with Gasteiger partial charge in [0.15, 0.2) is 11.5 Å².